The van der Waals surface area contributed by atoms with Crippen LogP contribution in [0.15, 0.2) is 65.7 Å². The van der Waals surface area contributed by atoms with Crippen molar-refractivity contribution < 1.29 is 4.39 Å². The quantitative estimate of drug-likeness (QED) is 0.505. The van der Waals surface area contributed by atoms with Gasteiger partial charge in [0.1, 0.15) is 5.49 Å². The summed E-state index contributed by atoms with van der Waals surface area (Å²) in [7, 11) is 0. The Hall–Kier alpha value is -3.12. The molecule has 29 heavy (non-hydrogen) atoms. The van der Waals surface area contributed by atoms with Crippen LogP contribution in [0.3, 0.4) is 0 Å². The predicted molar refractivity (Wildman–Crippen MR) is 118 cm³/mol. The molecule has 0 saturated heterocycles. The van der Waals surface area contributed by atoms with E-state index in [1.54, 1.807) is 0 Å². The van der Waals surface area contributed by atoms with Crippen LogP contribution < -0.4 is 10.7 Å². The molecular formula is C26H27FN2. The summed E-state index contributed by atoms with van der Waals surface area (Å²) in [4.78, 5) is 7.67. The first-order valence-electron chi connectivity index (χ1n) is 10.2. The molecule has 2 aromatic carbocycles. The molecule has 1 aromatic heterocycles. The van der Waals surface area contributed by atoms with Gasteiger partial charge in [-0.2, -0.15) is 0 Å². The first-order chi connectivity index (χ1) is 14.2. The number of unbranched alkanes of at least 4 members (excludes halogenated alkanes) is 1. The van der Waals surface area contributed by atoms with Gasteiger partial charge in [0.15, 0.2) is 0 Å². The van der Waals surface area contributed by atoms with Gasteiger partial charge in [-0.05, 0) is 62.3 Å². The fourth-order valence-electron chi connectivity index (χ4n) is 3.05. The van der Waals surface area contributed by atoms with Crippen LogP contribution in [-0.2, 0) is 6.42 Å². The maximum atomic E-state index is 11.7. The van der Waals surface area contributed by atoms with Crippen molar-refractivity contribution in [2.24, 2.45) is 4.99 Å². The summed E-state index contributed by atoms with van der Waals surface area (Å²) >= 11 is 0. The Morgan fingerprint density at radius 2 is 1.79 bits per heavy atom. The number of hydrogen-bond donors (Lipinski definition) is 1. The SMILES string of the molecule is Cc1ccc(C#Cc2cc3c([nH]2)=NCCC=3)cc1.FCCCCc1ccccc1. The highest BCUT2D eigenvalue weighted by molar-refractivity contribution is 5.42. The van der Waals surface area contributed by atoms with E-state index in [1.807, 2.05) is 30.3 Å². The number of alkyl halides is 1. The van der Waals surface area contributed by atoms with Crippen molar-refractivity contribution in [1.29, 1.82) is 0 Å². The number of aryl methyl sites for hydroxylation is 2. The number of benzene rings is 2. The highest BCUT2D eigenvalue weighted by Crippen LogP contribution is 2.04. The van der Waals surface area contributed by atoms with Gasteiger partial charge in [0, 0.05) is 17.3 Å². The number of aromatic amines is 1. The zero-order chi connectivity index (χ0) is 20.3. The Bertz CT molecular complexity index is 1030. The largest absolute Gasteiger partial charge is 0.333 e. The van der Waals surface area contributed by atoms with Crippen molar-refractivity contribution >= 4 is 6.08 Å². The highest BCUT2D eigenvalue weighted by Gasteiger charge is 1.98. The Labute approximate surface area is 172 Å². The van der Waals surface area contributed by atoms with E-state index in [0.29, 0.717) is 6.42 Å². The van der Waals surface area contributed by atoms with E-state index in [4.69, 9.17) is 0 Å². The lowest BCUT2D eigenvalue weighted by Crippen LogP contribution is -2.25. The van der Waals surface area contributed by atoms with E-state index < -0.39 is 0 Å². The third-order valence-corrected chi connectivity index (χ3v) is 4.67. The van der Waals surface area contributed by atoms with Gasteiger partial charge in [-0.15, -0.1) is 0 Å². The standard InChI is InChI=1S/C16H14N2.C10H13F/c1-12-4-6-13(7-5-12)8-9-15-11-14-3-2-10-17-16(14)18-15;11-9-5-4-8-10-6-2-1-3-7-10/h3-7,11H,2,10H2,1H3,(H,17,18);1-3,6-7H,4-5,8-9H2. The second kappa shape index (κ2) is 11.0. The van der Waals surface area contributed by atoms with E-state index in [1.165, 1.54) is 16.3 Å². The van der Waals surface area contributed by atoms with Crippen molar-refractivity contribution in [2.45, 2.75) is 32.6 Å². The van der Waals surface area contributed by atoms with E-state index in [2.05, 4.69) is 65.1 Å². The number of halogens is 1. The second-order valence-corrected chi connectivity index (χ2v) is 7.11. The molecule has 0 bridgehead atoms. The van der Waals surface area contributed by atoms with Gasteiger partial charge < -0.3 is 4.98 Å². The van der Waals surface area contributed by atoms with E-state index in [9.17, 15) is 4.39 Å². The molecule has 0 amide bonds. The maximum absolute atomic E-state index is 11.7. The molecule has 2 heterocycles. The minimum atomic E-state index is -0.188. The molecule has 0 aliphatic carbocycles. The monoisotopic (exact) mass is 386 g/mol. The van der Waals surface area contributed by atoms with E-state index in [0.717, 1.165) is 42.6 Å². The Balaban J connectivity index is 0.000000188. The third-order valence-electron chi connectivity index (χ3n) is 4.67. The van der Waals surface area contributed by atoms with Gasteiger partial charge in [-0.1, -0.05) is 60.0 Å². The number of fused-ring (bicyclic) bond motifs is 1. The molecule has 0 saturated carbocycles. The minimum absolute atomic E-state index is 0.188. The van der Waals surface area contributed by atoms with Crippen LogP contribution >= 0.6 is 0 Å². The third kappa shape index (κ3) is 6.76. The molecule has 148 valence electrons. The molecule has 2 nitrogen and oxygen atoms in total. The fourth-order valence-corrected chi connectivity index (χ4v) is 3.05. The first-order valence-corrected chi connectivity index (χ1v) is 10.2. The van der Waals surface area contributed by atoms with Crippen molar-refractivity contribution in [3.05, 3.63) is 93.8 Å². The average Bonchev–Trinajstić information content (AvgIpc) is 3.18. The van der Waals surface area contributed by atoms with Crippen molar-refractivity contribution in [2.75, 3.05) is 13.2 Å². The zero-order valence-corrected chi connectivity index (χ0v) is 16.9. The van der Waals surface area contributed by atoms with Gasteiger partial charge in [0.2, 0.25) is 0 Å². The highest BCUT2D eigenvalue weighted by atomic mass is 19.1. The minimum Gasteiger partial charge on any atom is -0.333 e. The molecule has 1 aliphatic heterocycles. The van der Waals surface area contributed by atoms with Crippen LogP contribution in [0.2, 0.25) is 0 Å². The molecule has 3 aromatic rings. The Morgan fingerprint density at radius 1 is 1.00 bits per heavy atom. The van der Waals surface area contributed by atoms with Gasteiger partial charge in [-0.3, -0.25) is 9.38 Å². The lowest BCUT2D eigenvalue weighted by atomic mass is 10.1. The molecule has 0 atom stereocenters. The van der Waals surface area contributed by atoms with Gasteiger partial charge in [0.25, 0.3) is 0 Å². The number of rotatable bonds is 4. The normalized spacial score (nSPS) is 11.7. The van der Waals surface area contributed by atoms with Gasteiger partial charge >= 0.3 is 0 Å². The number of H-pyrrole nitrogens is 1. The van der Waals surface area contributed by atoms with E-state index in [-0.39, 0.29) is 6.67 Å². The number of aromatic nitrogens is 1. The Kier molecular flexibility index (Phi) is 7.83. The van der Waals surface area contributed by atoms with Crippen molar-refractivity contribution in [3.63, 3.8) is 0 Å². The van der Waals surface area contributed by atoms with Crippen LogP contribution in [0.5, 0.6) is 0 Å². The zero-order valence-electron chi connectivity index (χ0n) is 16.9. The molecule has 0 spiro atoms. The van der Waals surface area contributed by atoms with Gasteiger partial charge in [-0.25, -0.2) is 0 Å². The van der Waals surface area contributed by atoms with Crippen LogP contribution in [0.25, 0.3) is 6.08 Å². The smallest absolute Gasteiger partial charge is 0.132 e. The number of hydrogen-bond acceptors (Lipinski definition) is 1. The summed E-state index contributed by atoms with van der Waals surface area (Å²) in [5, 5.41) is 1.18. The maximum Gasteiger partial charge on any atom is 0.132 e. The lowest BCUT2D eigenvalue weighted by molar-refractivity contribution is 0.462. The van der Waals surface area contributed by atoms with Crippen LogP contribution in [0.1, 0.15) is 41.6 Å². The number of nitrogens with zero attached hydrogens (tertiary/aromatic N) is 1. The summed E-state index contributed by atoms with van der Waals surface area (Å²) in [5.74, 6) is 6.31. The fraction of sp³-hybridized carbons (Fsp3) is 0.269. The van der Waals surface area contributed by atoms with Crippen LogP contribution in [0, 0.1) is 18.8 Å². The van der Waals surface area contributed by atoms with Crippen molar-refractivity contribution in [1.82, 2.24) is 4.98 Å². The summed E-state index contributed by atoms with van der Waals surface area (Å²) in [6, 6.07) is 20.5. The second-order valence-electron chi connectivity index (χ2n) is 7.11. The van der Waals surface area contributed by atoms with Gasteiger partial charge in [0.05, 0.1) is 12.4 Å². The molecule has 0 fully saturated rings. The average molecular weight is 387 g/mol. The molecule has 1 aliphatic rings. The Morgan fingerprint density at radius 3 is 2.52 bits per heavy atom. The molecule has 3 heteroatoms. The molecule has 4 rings (SSSR count). The lowest BCUT2D eigenvalue weighted by Gasteiger charge is -1.97. The summed E-state index contributed by atoms with van der Waals surface area (Å²) in [6.07, 6.45) is 5.88. The summed E-state index contributed by atoms with van der Waals surface area (Å²) < 4.78 is 11.7. The van der Waals surface area contributed by atoms with Crippen LogP contribution in [-0.4, -0.2) is 18.2 Å². The summed E-state index contributed by atoms with van der Waals surface area (Å²) in [5.41, 5.74) is 5.50. The molecule has 1 N–H and O–H groups in total. The predicted octanol–water partition coefficient (Wildman–Crippen LogP) is 4.51. The number of nitrogens with one attached hydrogen (secondary N) is 1. The summed E-state index contributed by atoms with van der Waals surface area (Å²) in [6.45, 7) is 2.76. The molecule has 0 unspecified atom stereocenters. The molecular weight excluding hydrogens is 359 g/mol. The topological polar surface area (TPSA) is 28.1 Å². The van der Waals surface area contributed by atoms with Crippen LogP contribution in [0.4, 0.5) is 4.39 Å². The van der Waals surface area contributed by atoms with Crippen molar-refractivity contribution in [3.8, 4) is 11.8 Å². The molecule has 0 radical (unpaired) electrons. The van der Waals surface area contributed by atoms with E-state index >= 15 is 0 Å². The first kappa shape index (κ1) is 20.6.